The number of ether oxygens (including phenoxy) is 1. The third-order valence-electron chi connectivity index (χ3n) is 4.03. The van der Waals surface area contributed by atoms with Gasteiger partial charge in [-0.2, -0.15) is 0 Å². The summed E-state index contributed by atoms with van der Waals surface area (Å²) in [7, 11) is -3.13. The summed E-state index contributed by atoms with van der Waals surface area (Å²) in [6.45, 7) is 0.791. The summed E-state index contributed by atoms with van der Waals surface area (Å²) in [4.78, 5) is 8.11. The second-order valence-corrected chi connectivity index (χ2v) is 7.93. The molecule has 2 aromatic rings. The van der Waals surface area contributed by atoms with Gasteiger partial charge in [0.05, 0.1) is 19.5 Å². The van der Waals surface area contributed by atoms with E-state index in [1.807, 2.05) is 0 Å². The Morgan fingerprint density at radius 2 is 2.00 bits per heavy atom. The lowest BCUT2D eigenvalue weighted by atomic mass is 10.1. The molecule has 0 bridgehead atoms. The van der Waals surface area contributed by atoms with Crippen molar-refractivity contribution in [3.05, 3.63) is 42.0 Å². The van der Waals surface area contributed by atoms with Gasteiger partial charge in [0.2, 0.25) is 10.0 Å². The zero-order chi connectivity index (χ0) is 18.0. The predicted molar refractivity (Wildman–Crippen MR) is 88.8 cm³/mol. The second-order valence-electron chi connectivity index (χ2n) is 5.95. The minimum absolute atomic E-state index is 0.108. The first kappa shape index (κ1) is 17.7. The van der Waals surface area contributed by atoms with Gasteiger partial charge >= 0.3 is 6.01 Å². The van der Waals surface area contributed by atoms with Crippen LogP contribution >= 0.6 is 0 Å². The Morgan fingerprint density at radius 3 is 2.60 bits per heavy atom. The van der Waals surface area contributed by atoms with Gasteiger partial charge in [0.15, 0.2) is 0 Å². The van der Waals surface area contributed by atoms with E-state index in [1.54, 1.807) is 12.1 Å². The lowest BCUT2D eigenvalue weighted by Crippen LogP contribution is -2.51. The van der Waals surface area contributed by atoms with Crippen molar-refractivity contribution in [3.8, 4) is 17.1 Å². The van der Waals surface area contributed by atoms with Gasteiger partial charge in [-0.25, -0.2) is 27.1 Å². The Balaban J connectivity index is 1.60. The van der Waals surface area contributed by atoms with Crippen molar-refractivity contribution in [1.82, 2.24) is 14.3 Å². The number of benzene rings is 1. The summed E-state index contributed by atoms with van der Waals surface area (Å²) in [6, 6.07) is 4.90. The quantitative estimate of drug-likeness (QED) is 0.820. The van der Waals surface area contributed by atoms with E-state index in [2.05, 4.69) is 9.97 Å². The van der Waals surface area contributed by atoms with Gasteiger partial charge < -0.3 is 9.84 Å². The Morgan fingerprint density at radius 1 is 1.32 bits per heavy atom. The Kier molecular flexibility index (Phi) is 4.98. The number of sulfonamides is 1. The molecule has 0 amide bonds. The third-order valence-corrected chi connectivity index (χ3v) is 5.27. The van der Waals surface area contributed by atoms with Gasteiger partial charge in [-0.15, -0.1) is 0 Å². The second kappa shape index (κ2) is 7.03. The zero-order valence-electron chi connectivity index (χ0n) is 13.6. The molecule has 1 fully saturated rings. The van der Waals surface area contributed by atoms with Crippen molar-refractivity contribution < 1.29 is 22.7 Å². The molecule has 0 radical (unpaired) electrons. The maximum atomic E-state index is 14.2. The molecule has 1 aliphatic rings. The number of rotatable bonds is 6. The molecule has 0 saturated carbocycles. The van der Waals surface area contributed by atoms with Crippen molar-refractivity contribution in [2.75, 3.05) is 26.0 Å². The minimum atomic E-state index is -3.13. The predicted octanol–water partition coefficient (Wildman–Crippen LogP) is 1.05. The van der Waals surface area contributed by atoms with Crippen LogP contribution in [-0.4, -0.2) is 53.7 Å². The van der Waals surface area contributed by atoms with Crippen LogP contribution in [-0.2, 0) is 16.6 Å². The number of hydrogen-bond donors (Lipinski definition) is 1. The van der Waals surface area contributed by atoms with Crippen molar-refractivity contribution in [3.63, 3.8) is 0 Å². The largest absolute Gasteiger partial charge is 0.463 e. The summed E-state index contributed by atoms with van der Waals surface area (Å²) in [5, 5.41) is 9.12. The topological polar surface area (TPSA) is 92.6 Å². The Bertz CT molecular complexity index is 852. The number of hydrogen-bond acceptors (Lipinski definition) is 6. The molecule has 0 spiro atoms. The van der Waals surface area contributed by atoms with Crippen LogP contribution < -0.4 is 4.74 Å². The van der Waals surface area contributed by atoms with Crippen LogP contribution in [0.25, 0.3) is 11.1 Å². The maximum Gasteiger partial charge on any atom is 0.316 e. The van der Waals surface area contributed by atoms with E-state index in [1.165, 1.54) is 29.0 Å². The number of nitrogens with zero attached hydrogens (tertiary/aromatic N) is 3. The summed E-state index contributed by atoms with van der Waals surface area (Å²) in [5.74, 6) is -0.394. The smallest absolute Gasteiger partial charge is 0.316 e. The molecule has 2 heterocycles. The SMILES string of the molecule is CS(=O)(=O)N1CC(COc2ncc(-c3cccc(CO)c3F)cn2)C1. The van der Waals surface area contributed by atoms with Crippen molar-refractivity contribution >= 4 is 10.0 Å². The molecule has 1 saturated heterocycles. The lowest BCUT2D eigenvalue weighted by Gasteiger charge is -2.36. The summed E-state index contributed by atoms with van der Waals surface area (Å²) < 4.78 is 43.6. The molecule has 3 rings (SSSR count). The molecule has 7 nitrogen and oxygen atoms in total. The average Bonchev–Trinajstić information content (AvgIpc) is 2.53. The standard InChI is InChI=1S/C16H18FN3O4S/c1-25(22,23)20-7-11(8-20)10-24-16-18-5-13(6-19-16)14-4-2-3-12(9-21)15(14)17/h2-6,11,21H,7-10H2,1H3. The fourth-order valence-electron chi connectivity index (χ4n) is 2.55. The van der Waals surface area contributed by atoms with Gasteiger partial charge in [-0.3, -0.25) is 0 Å². The van der Waals surface area contributed by atoms with E-state index in [4.69, 9.17) is 9.84 Å². The summed E-state index contributed by atoms with van der Waals surface area (Å²) >= 11 is 0. The van der Waals surface area contributed by atoms with Crippen LogP contribution in [0.4, 0.5) is 4.39 Å². The van der Waals surface area contributed by atoms with Crippen LogP contribution in [0.15, 0.2) is 30.6 Å². The molecular formula is C16H18FN3O4S. The van der Waals surface area contributed by atoms with Gasteiger partial charge in [0.25, 0.3) is 0 Å². The van der Waals surface area contributed by atoms with Crippen molar-refractivity contribution in [1.29, 1.82) is 0 Å². The fraction of sp³-hybridized carbons (Fsp3) is 0.375. The molecule has 9 heteroatoms. The third kappa shape index (κ3) is 3.94. The van der Waals surface area contributed by atoms with E-state index in [-0.39, 0.29) is 24.1 Å². The molecule has 1 aromatic carbocycles. The first-order valence-electron chi connectivity index (χ1n) is 7.67. The average molecular weight is 367 g/mol. The highest BCUT2D eigenvalue weighted by Crippen LogP contribution is 2.25. The monoisotopic (exact) mass is 367 g/mol. The summed E-state index contributed by atoms with van der Waals surface area (Å²) in [6.07, 6.45) is 4.08. The molecule has 1 N–H and O–H groups in total. The molecule has 0 unspecified atom stereocenters. The number of halogens is 1. The number of aliphatic hydroxyl groups excluding tert-OH is 1. The van der Waals surface area contributed by atoms with E-state index in [0.717, 1.165) is 0 Å². The van der Waals surface area contributed by atoms with Gasteiger partial charge in [0.1, 0.15) is 5.82 Å². The highest BCUT2D eigenvalue weighted by Gasteiger charge is 2.33. The van der Waals surface area contributed by atoms with Gasteiger partial charge in [-0.05, 0) is 0 Å². The molecule has 1 aromatic heterocycles. The van der Waals surface area contributed by atoms with Crippen LogP contribution in [0, 0.1) is 11.7 Å². The summed E-state index contributed by atoms with van der Waals surface area (Å²) in [5.41, 5.74) is 0.992. The van der Waals surface area contributed by atoms with E-state index in [9.17, 15) is 12.8 Å². The first-order valence-corrected chi connectivity index (χ1v) is 9.52. The Labute approximate surface area is 145 Å². The van der Waals surface area contributed by atoms with E-state index in [0.29, 0.717) is 30.8 Å². The van der Waals surface area contributed by atoms with Crippen LogP contribution in [0.2, 0.25) is 0 Å². The minimum Gasteiger partial charge on any atom is -0.463 e. The molecule has 1 aliphatic heterocycles. The van der Waals surface area contributed by atoms with Crippen LogP contribution in [0.3, 0.4) is 0 Å². The van der Waals surface area contributed by atoms with Gasteiger partial charge in [-0.1, -0.05) is 18.2 Å². The zero-order valence-corrected chi connectivity index (χ0v) is 14.4. The number of aliphatic hydroxyl groups is 1. The van der Waals surface area contributed by atoms with E-state index >= 15 is 0 Å². The molecule has 0 atom stereocenters. The van der Waals surface area contributed by atoms with Gasteiger partial charge in [0, 0.05) is 48.1 Å². The van der Waals surface area contributed by atoms with Crippen molar-refractivity contribution in [2.24, 2.45) is 5.92 Å². The molecule has 134 valence electrons. The van der Waals surface area contributed by atoms with Crippen LogP contribution in [0.1, 0.15) is 5.56 Å². The van der Waals surface area contributed by atoms with Crippen molar-refractivity contribution in [2.45, 2.75) is 6.61 Å². The number of aromatic nitrogens is 2. The molecule has 25 heavy (non-hydrogen) atoms. The highest BCUT2D eigenvalue weighted by molar-refractivity contribution is 7.88. The Hall–Kier alpha value is -2.10. The highest BCUT2D eigenvalue weighted by atomic mass is 32.2. The normalized spacial score (nSPS) is 15.8. The van der Waals surface area contributed by atoms with Crippen LogP contribution in [0.5, 0.6) is 6.01 Å². The first-order chi connectivity index (χ1) is 11.9. The maximum absolute atomic E-state index is 14.2. The molecular weight excluding hydrogens is 349 g/mol. The van der Waals surface area contributed by atoms with E-state index < -0.39 is 15.8 Å². The lowest BCUT2D eigenvalue weighted by molar-refractivity contribution is 0.124. The fourth-order valence-corrected chi connectivity index (χ4v) is 3.51. The molecule has 0 aliphatic carbocycles.